The van der Waals surface area contributed by atoms with Crippen LogP contribution in [0.25, 0.3) is 11.3 Å². The highest BCUT2D eigenvalue weighted by Crippen LogP contribution is 2.47. The molecular weight excluding hydrogens is 422 g/mol. The van der Waals surface area contributed by atoms with E-state index < -0.39 is 0 Å². The van der Waals surface area contributed by atoms with Crippen LogP contribution >= 0.6 is 0 Å². The van der Waals surface area contributed by atoms with Crippen molar-refractivity contribution >= 4 is 17.5 Å². The molecule has 1 fully saturated rings. The van der Waals surface area contributed by atoms with Gasteiger partial charge in [0.25, 0.3) is 5.91 Å². The van der Waals surface area contributed by atoms with Crippen molar-refractivity contribution in [2.75, 3.05) is 52.0 Å². The fraction of sp³-hybridized carbons (Fsp3) is 0.333. The number of ether oxygens (including phenoxy) is 2. The van der Waals surface area contributed by atoms with Gasteiger partial charge in [-0.1, -0.05) is 6.07 Å². The van der Waals surface area contributed by atoms with E-state index in [-0.39, 0.29) is 24.5 Å². The number of anilines is 2. The Balaban J connectivity index is 1.48. The molecule has 1 saturated heterocycles. The van der Waals surface area contributed by atoms with E-state index in [1.165, 1.54) is 4.90 Å². The van der Waals surface area contributed by atoms with Crippen molar-refractivity contribution in [2.24, 2.45) is 0 Å². The Morgan fingerprint density at radius 3 is 2.67 bits per heavy atom. The Morgan fingerprint density at radius 2 is 2.00 bits per heavy atom. The summed E-state index contributed by atoms with van der Waals surface area (Å²) in [6.45, 7) is 2.13. The van der Waals surface area contributed by atoms with Crippen LogP contribution in [-0.4, -0.2) is 77.9 Å². The van der Waals surface area contributed by atoms with E-state index in [1.807, 2.05) is 29.2 Å². The fourth-order valence-electron chi connectivity index (χ4n) is 4.34. The number of benzene rings is 1. The minimum absolute atomic E-state index is 0.0813. The van der Waals surface area contributed by atoms with Gasteiger partial charge in [-0.25, -0.2) is 9.97 Å². The number of pyridine rings is 1. The minimum atomic E-state index is -0.141. The number of methoxy groups -OCH3 is 1. The smallest absolute Gasteiger partial charge is 0.253 e. The van der Waals surface area contributed by atoms with E-state index in [0.29, 0.717) is 37.0 Å². The molecule has 2 aromatic heterocycles. The monoisotopic (exact) mass is 447 g/mol. The van der Waals surface area contributed by atoms with Gasteiger partial charge in [0.1, 0.15) is 5.75 Å². The quantitative estimate of drug-likeness (QED) is 0.613. The molecule has 2 aliphatic rings. The van der Waals surface area contributed by atoms with Crippen molar-refractivity contribution in [1.29, 1.82) is 0 Å². The number of fused-ring (bicyclic) bond motifs is 2. The van der Waals surface area contributed by atoms with Crippen LogP contribution in [-0.2, 0) is 10.2 Å². The number of carbonyl (C=O) groups excluding carboxylic acids is 1. The standard InChI is InChI=1S/C24H25N5O4/c1-28(7-8-30)22(31)16-3-4-19-21(9-16)29(13-24(19)14-33-15-24)23-26-11-17(12-27-23)20-10-18(32-2)5-6-25-20/h3-6,9-12,30H,7-8,13-15H2,1-2H3. The molecule has 33 heavy (non-hydrogen) atoms. The maximum absolute atomic E-state index is 12.8. The second kappa shape index (κ2) is 8.42. The zero-order chi connectivity index (χ0) is 23.0. The number of amides is 1. The number of aliphatic hydroxyl groups is 1. The van der Waals surface area contributed by atoms with E-state index in [1.54, 1.807) is 38.8 Å². The lowest BCUT2D eigenvalue weighted by Crippen LogP contribution is -2.49. The summed E-state index contributed by atoms with van der Waals surface area (Å²) in [7, 11) is 3.29. The summed E-state index contributed by atoms with van der Waals surface area (Å²) in [6, 6.07) is 9.37. The molecule has 0 bridgehead atoms. The summed E-state index contributed by atoms with van der Waals surface area (Å²) in [5, 5.41) is 9.18. The molecule has 0 saturated carbocycles. The van der Waals surface area contributed by atoms with Gasteiger partial charge in [0, 0.05) is 61.6 Å². The van der Waals surface area contributed by atoms with E-state index >= 15 is 0 Å². The van der Waals surface area contributed by atoms with Crippen LogP contribution in [0.15, 0.2) is 48.9 Å². The SMILES string of the molecule is COc1ccnc(-c2cnc(N3CC4(COC4)c4ccc(C(=O)N(C)CCO)cc43)nc2)c1. The predicted octanol–water partition coefficient (Wildman–Crippen LogP) is 2.03. The van der Waals surface area contributed by atoms with E-state index in [2.05, 4.69) is 15.0 Å². The molecule has 1 N–H and O–H groups in total. The van der Waals surface area contributed by atoms with Crippen molar-refractivity contribution < 1.29 is 19.4 Å². The first-order valence-electron chi connectivity index (χ1n) is 10.7. The summed E-state index contributed by atoms with van der Waals surface area (Å²) in [5.74, 6) is 1.13. The van der Waals surface area contributed by atoms with Crippen LogP contribution < -0.4 is 9.64 Å². The van der Waals surface area contributed by atoms with Crippen LogP contribution in [0, 0.1) is 0 Å². The predicted molar refractivity (Wildman–Crippen MR) is 122 cm³/mol. The molecule has 1 amide bonds. The third-order valence-electron chi connectivity index (χ3n) is 6.25. The van der Waals surface area contributed by atoms with Crippen LogP contribution in [0.2, 0.25) is 0 Å². The summed E-state index contributed by atoms with van der Waals surface area (Å²) in [5.41, 5.74) is 4.00. The third kappa shape index (κ3) is 3.69. The highest BCUT2D eigenvalue weighted by molar-refractivity contribution is 5.96. The van der Waals surface area contributed by atoms with Crippen molar-refractivity contribution in [1.82, 2.24) is 19.9 Å². The van der Waals surface area contributed by atoms with Crippen LogP contribution in [0.4, 0.5) is 11.6 Å². The first kappa shape index (κ1) is 21.3. The lowest BCUT2D eigenvalue weighted by atomic mass is 9.80. The van der Waals surface area contributed by atoms with Gasteiger partial charge in [-0.15, -0.1) is 0 Å². The highest BCUT2D eigenvalue weighted by Gasteiger charge is 2.49. The van der Waals surface area contributed by atoms with E-state index in [4.69, 9.17) is 9.47 Å². The normalized spacial score (nSPS) is 15.8. The van der Waals surface area contributed by atoms with Crippen molar-refractivity contribution in [2.45, 2.75) is 5.41 Å². The molecule has 0 aliphatic carbocycles. The van der Waals surface area contributed by atoms with Gasteiger partial charge < -0.3 is 24.4 Å². The molecule has 1 spiro atoms. The molecule has 5 rings (SSSR count). The number of aromatic nitrogens is 3. The van der Waals surface area contributed by atoms with Crippen LogP contribution in [0.3, 0.4) is 0 Å². The first-order chi connectivity index (χ1) is 16.0. The van der Waals surface area contributed by atoms with Gasteiger partial charge in [-0.2, -0.15) is 0 Å². The van der Waals surface area contributed by atoms with E-state index in [9.17, 15) is 9.90 Å². The second-order valence-electron chi connectivity index (χ2n) is 8.39. The molecule has 3 aromatic rings. The third-order valence-corrected chi connectivity index (χ3v) is 6.25. The number of hydrogen-bond acceptors (Lipinski definition) is 8. The molecular formula is C24H25N5O4. The molecule has 170 valence electrons. The van der Waals surface area contributed by atoms with Crippen molar-refractivity contribution in [3.63, 3.8) is 0 Å². The van der Waals surface area contributed by atoms with E-state index in [0.717, 1.165) is 22.5 Å². The molecule has 0 atom stereocenters. The van der Waals surface area contributed by atoms with Crippen LogP contribution in [0.5, 0.6) is 5.75 Å². The Hall–Kier alpha value is -3.56. The first-order valence-corrected chi connectivity index (χ1v) is 10.7. The van der Waals surface area contributed by atoms with Gasteiger partial charge in [0.15, 0.2) is 0 Å². The summed E-state index contributed by atoms with van der Waals surface area (Å²) in [6.07, 6.45) is 5.18. The van der Waals surface area contributed by atoms with Crippen molar-refractivity contribution in [3.8, 4) is 17.0 Å². The topological polar surface area (TPSA) is 101 Å². The Bertz CT molecular complexity index is 1180. The number of aliphatic hydroxyl groups excluding tert-OH is 1. The van der Waals surface area contributed by atoms with Crippen LogP contribution in [0.1, 0.15) is 15.9 Å². The van der Waals surface area contributed by atoms with Gasteiger partial charge in [-0.3, -0.25) is 9.78 Å². The molecule has 4 heterocycles. The van der Waals surface area contributed by atoms with Gasteiger partial charge in [0.05, 0.1) is 38.0 Å². The lowest BCUT2D eigenvalue weighted by molar-refractivity contribution is -0.0507. The molecule has 2 aliphatic heterocycles. The zero-order valence-electron chi connectivity index (χ0n) is 18.6. The fourth-order valence-corrected chi connectivity index (χ4v) is 4.34. The minimum Gasteiger partial charge on any atom is -0.497 e. The van der Waals surface area contributed by atoms with Gasteiger partial charge >= 0.3 is 0 Å². The number of likely N-dealkylation sites (N-methyl/N-ethyl adjacent to an activating group) is 1. The number of rotatable bonds is 6. The second-order valence-corrected chi connectivity index (χ2v) is 8.39. The molecule has 9 heteroatoms. The Morgan fingerprint density at radius 1 is 1.21 bits per heavy atom. The molecule has 1 aromatic carbocycles. The Labute approximate surface area is 191 Å². The summed E-state index contributed by atoms with van der Waals surface area (Å²) in [4.78, 5) is 30.0. The van der Waals surface area contributed by atoms with Crippen molar-refractivity contribution in [3.05, 3.63) is 60.0 Å². The highest BCUT2D eigenvalue weighted by atomic mass is 16.5. The summed E-state index contributed by atoms with van der Waals surface area (Å²) < 4.78 is 10.8. The maximum atomic E-state index is 12.8. The Kier molecular flexibility index (Phi) is 5.43. The molecule has 0 radical (unpaired) electrons. The number of hydrogen-bond donors (Lipinski definition) is 1. The summed E-state index contributed by atoms with van der Waals surface area (Å²) >= 11 is 0. The lowest BCUT2D eigenvalue weighted by Gasteiger charge is -2.38. The number of nitrogens with zero attached hydrogens (tertiary/aromatic N) is 5. The molecule has 9 nitrogen and oxygen atoms in total. The molecule has 0 unspecified atom stereocenters. The maximum Gasteiger partial charge on any atom is 0.253 e. The zero-order valence-corrected chi connectivity index (χ0v) is 18.6. The average molecular weight is 447 g/mol. The largest absolute Gasteiger partial charge is 0.497 e. The van der Waals surface area contributed by atoms with Gasteiger partial charge in [0.2, 0.25) is 5.95 Å². The average Bonchev–Trinajstić information content (AvgIpc) is 3.19. The van der Waals surface area contributed by atoms with Gasteiger partial charge in [-0.05, 0) is 23.8 Å². The number of carbonyl (C=O) groups is 1.